The number of ether oxygens (including phenoxy) is 4. The molecule has 0 amide bonds. The van der Waals surface area contributed by atoms with E-state index in [1.807, 2.05) is 82.3 Å². The molecule has 1 aliphatic heterocycles. The first-order valence-electron chi connectivity index (χ1n) is 17.3. The maximum Gasteiger partial charge on any atom is 0.187 e. The first-order chi connectivity index (χ1) is 22.1. The molecule has 1 saturated heterocycles. The van der Waals surface area contributed by atoms with Crippen LogP contribution in [0.3, 0.4) is 0 Å². The van der Waals surface area contributed by atoms with Crippen molar-refractivity contribution in [2.75, 3.05) is 0 Å². The van der Waals surface area contributed by atoms with E-state index in [0.717, 1.165) is 35.6 Å². The highest BCUT2D eigenvalue weighted by Crippen LogP contribution is 2.62. The minimum Gasteiger partial charge on any atom is -0.408 e. The molecule has 2 saturated carbocycles. The minimum absolute atomic E-state index is 0.0539. The van der Waals surface area contributed by atoms with Gasteiger partial charge in [0.1, 0.15) is 12.2 Å². The number of hydrogen-bond acceptors (Lipinski definition) is 6. The van der Waals surface area contributed by atoms with Crippen LogP contribution in [0.4, 0.5) is 0 Å². The lowest BCUT2D eigenvalue weighted by Gasteiger charge is -2.66. The van der Waals surface area contributed by atoms with Crippen molar-refractivity contribution >= 4 is 14.1 Å². The first kappa shape index (κ1) is 35.9. The van der Waals surface area contributed by atoms with Crippen LogP contribution in [0.1, 0.15) is 71.9 Å². The zero-order valence-corrected chi connectivity index (χ0v) is 30.8. The Balaban J connectivity index is 1.77. The van der Waals surface area contributed by atoms with E-state index in [4.69, 9.17) is 30.0 Å². The van der Waals surface area contributed by atoms with Crippen LogP contribution in [0.15, 0.2) is 85.5 Å². The van der Waals surface area contributed by atoms with Crippen LogP contribution in [-0.4, -0.2) is 49.9 Å². The molecule has 5 rings (SSSR count). The SMILES string of the molecule is C=CC[C@@]1(O[Si](C)(C)CC)[C@@H](OCc2ccccc2)[C@@H]2C(=C)CC[C@@H]3OC(C)(C)O[C@@H]([C@H](OCc4ccccc4)C(=O)C1(C)C)[C@]32C. The molecule has 1 heterocycles. The summed E-state index contributed by atoms with van der Waals surface area (Å²) in [5.74, 6) is -1.23. The van der Waals surface area contributed by atoms with Gasteiger partial charge in [-0.1, -0.05) is 92.7 Å². The monoisotopic (exact) mass is 660 g/mol. The Morgan fingerprint density at radius 1 is 0.915 bits per heavy atom. The lowest BCUT2D eigenvalue weighted by atomic mass is 9.50. The van der Waals surface area contributed by atoms with Gasteiger partial charge in [-0.2, -0.15) is 0 Å². The van der Waals surface area contributed by atoms with E-state index in [0.29, 0.717) is 13.0 Å². The summed E-state index contributed by atoms with van der Waals surface area (Å²) in [7, 11) is -2.34. The largest absolute Gasteiger partial charge is 0.408 e. The quantitative estimate of drug-likeness (QED) is 0.177. The van der Waals surface area contributed by atoms with E-state index >= 15 is 4.79 Å². The molecule has 2 aromatic carbocycles. The van der Waals surface area contributed by atoms with Crippen molar-refractivity contribution in [1.82, 2.24) is 0 Å². The Morgan fingerprint density at radius 3 is 2.04 bits per heavy atom. The summed E-state index contributed by atoms with van der Waals surface area (Å²) in [5, 5.41) is 0. The van der Waals surface area contributed by atoms with Gasteiger partial charge in [0, 0.05) is 11.3 Å². The normalized spacial score (nSPS) is 33.4. The van der Waals surface area contributed by atoms with Crippen molar-refractivity contribution in [2.45, 2.75) is 129 Å². The van der Waals surface area contributed by atoms with Crippen LogP contribution in [0.25, 0.3) is 0 Å². The summed E-state index contributed by atoms with van der Waals surface area (Å²) < 4.78 is 35.3. The van der Waals surface area contributed by atoms with Crippen molar-refractivity contribution in [3.63, 3.8) is 0 Å². The second-order valence-corrected chi connectivity index (χ2v) is 20.0. The molecule has 0 bridgehead atoms. The van der Waals surface area contributed by atoms with Gasteiger partial charge < -0.3 is 23.4 Å². The van der Waals surface area contributed by atoms with Crippen molar-refractivity contribution in [1.29, 1.82) is 0 Å². The fraction of sp³-hybridized carbons (Fsp3) is 0.575. The predicted octanol–water partition coefficient (Wildman–Crippen LogP) is 8.82. The van der Waals surface area contributed by atoms with Gasteiger partial charge in [0.15, 0.2) is 19.9 Å². The first-order valence-corrected chi connectivity index (χ1v) is 20.4. The number of benzene rings is 2. The van der Waals surface area contributed by atoms with Crippen molar-refractivity contribution < 1.29 is 28.2 Å². The maximum atomic E-state index is 15.5. The van der Waals surface area contributed by atoms with Crippen LogP contribution in [0, 0.1) is 16.7 Å². The predicted molar refractivity (Wildman–Crippen MR) is 189 cm³/mol. The van der Waals surface area contributed by atoms with Crippen molar-refractivity contribution in [3.8, 4) is 0 Å². The number of rotatable bonds is 11. The highest BCUT2D eigenvalue weighted by atomic mass is 28.4. The van der Waals surface area contributed by atoms with Crippen LogP contribution < -0.4 is 0 Å². The molecule has 0 spiro atoms. The standard InChI is InChI=1S/C40H56O6Si/c1-11-25-40(46-47(9,10)12-2)35(43-27-30-21-17-14-18-22-30)32-28(3)23-24-31-39(32,8)36(45-38(6,7)44-31)33(34(41)37(40,4)5)42-26-29-19-15-13-16-20-29/h11,13-22,31-33,35-36H,1,3,12,23-27H2,2,4-10H3/t31-,32-,33+,35-,36-,39+,40+/m0/s1. The molecule has 7 heteroatoms. The van der Waals surface area contributed by atoms with Gasteiger partial charge in [0.05, 0.1) is 36.4 Å². The topological polar surface area (TPSA) is 63.2 Å². The third kappa shape index (κ3) is 6.64. The summed E-state index contributed by atoms with van der Waals surface area (Å²) in [6.45, 7) is 26.4. The molecule has 2 aromatic rings. The molecule has 47 heavy (non-hydrogen) atoms. The van der Waals surface area contributed by atoms with Crippen LogP contribution in [0.2, 0.25) is 19.1 Å². The summed E-state index contributed by atoms with van der Waals surface area (Å²) >= 11 is 0. The average molecular weight is 661 g/mol. The summed E-state index contributed by atoms with van der Waals surface area (Å²) in [4.78, 5) is 15.5. The van der Waals surface area contributed by atoms with E-state index in [1.54, 1.807) is 0 Å². The second kappa shape index (κ2) is 13.5. The molecule has 0 radical (unpaired) electrons. The number of ketones is 1. The fourth-order valence-electron chi connectivity index (χ4n) is 8.32. The van der Waals surface area contributed by atoms with E-state index in [9.17, 15) is 0 Å². The molecule has 3 fully saturated rings. The number of Topliss-reactive ketones (excluding diaryl/α,β-unsaturated/α-hetero) is 1. The van der Waals surface area contributed by atoms with Gasteiger partial charge in [-0.15, -0.1) is 6.58 Å². The Bertz CT molecular complexity index is 1420. The van der Waals surface area contributed by atoms with Gasteiger partial charge in [0.25, 0.3) is 0 Å². The fourth-order valence-corrected chi connectivity index (χ4v) is 9.90. The van der Waals surface area contributed by atoms with Gasteiger partial charge >= 0.3 is 0 Å². The van der Waals surface area contributed by atoms with E-state index in [-0.39, 0.29) is 24.4 Å². The molecule has 7 atom stereocenters. The summed E-state index contributed by atoms with van der Waals surface area (Å²) in [6.07, 6.45) is 1.60. The van der Waals surface area contributed by atoms with E-state index in [2.05, 4.69) is 45.7 Å². The van der Waals surface area contributed by atoms with Gasteiger partial charge in [0.2, 0.25) is 0 Å². The minimum atomic E-state index is -2.34. The van der Waals surface area contributed by atoms with Gasteiger partial charge in [-0.05, 0) is 77.2 Å². The summed E-state index contributed by atoms with van der Waals surface area (Å²) in [6, 6.07) is 21.1. The highest BCUT2D eigenvalue weighted by molar-refractivity contribution is 6.71. The Morgan fingerprint density at radius 2 is 1.49 bits per heavy atom. The van der Waals surface area contributed by atoms with E-state index in [1.165, 1.54) is 0 Å². The molecule has 2 aliphatic carbocycles. The van der Waals surface area contributed by atoms with Gasteiger partial charge in [-0.3, -0.25) is 4.79 Å². The van der Waals surface area contributed by atoms with Crippen LogP contribution >= 0.6 is 0 Å². The van der Waals surface area contributed by atoms with Crippen LogP contribution in [-0.2, 0) is 41.4 Å². The number of hydrogen-bond donors (Lipinski definition) is 0. The molecule has 0 aromatic heterocycles. The molecule has 3 aliphatic rings. The third-order valence-corrected chi connectivity index (χ3v) is 13.9. The number of carbonyl (C=O) groups excluding carboxylic acids is 1. The number of carbonyl (C=O) groups is 1. The lowest BCUT2D eigenvalue weighted by molar-refractivity contribution is -0.380. The van der Waals surface area contributed by atoms with Crippen molar-refractivity contribution in [3.05, 3.63) is 96.6 Å². The average Bonchev–Trinajstić information content (AvgIpc) is 3.03. The highest BCUT2D eigenvalue weighted by Gasteiger charge is 2.71. The van der Waals surface area contributed by atoms with Crippen LogP contribution in [0.5, 0.6) is 0 Å². The maximum absolute atomic E-state index is 15.5. The van der Waals surface area contributed by atoms with E-state index < -0.39 is 48.8 Å². The second-order valence-electron chi connectivity index (χ2n) is 15.6. The van der Waals surface area contributed by atoms with Gasteiger partial charge in [-0.25, -0.2) is 0 Å². The molecular weight excluding hydrogens is 605 g/mol. The smallest absolute Gasteiger partial charge is 0.187 e. The van der Waals surface area contributed by atoms with Crippen molar-refractivity contribution in [2.24, 2.45) is 16.7 Å². The zero-order chi connectivity index (χ0) is 34.3. The Labute approximate surface area is 284 Å². The summed E-state index contributed by atoms with van der Waals surface area (Å²) in [5.41, 5.74) is 0.266. The Kier molecular flexibility index (Phi) is 10.3. The molecule has 0 unspecified atom stereocenters. The lowest BCUT2D eigenvalue weighted by Crippen LogP contribution is -2.76. The zero-order valence-electron chi connectivity index (χ0n) is 29.8. The molecule has 256 valence electrons. The third-order valence-electron chi connectivity index (χ3n) is 11.3. The molecular formula is C40H56O6Si. The Hall–Kier alpha value is -2.39. The molecule has 6 nitrogen and oxygen atoms in total. The molecule has 0 N–H and O–H groups in total.